The van der Waals surface area contributed by atoms with Crippen molar-refractivity contribution in [2.75, 3.05) is 7.11 Å². The zero-order chi connectivity index (χ0) is 10.1. The van der Waals surface area contributed by atoms with Crippen LogP contribution in [-0.2, 0) is 6.42 Å². The van der Waals surface area contributed by atoms with Crippen molar-refractivity contribution in [3.63, 3.8) is 0 Å². The molecule has 1 aliphatic carbocycles. The van der Waals surface area contributed by atoms with Gasteiger partial charge in [-0.15, -0.1) is 0 Å². The van der Waals surface area contributed by atoms with E-state index in [1.165, 1.54) is 0 Å². The van der Waals surface area contributed by atoms with Crippen LogP contribution >= 0.6 is 11.6 Å². The first-order valence-electron chi connectivity index (χ1n) is 4.34. The summed E-state index contributed by atoms with van der Waals surface area (Å²) in [5.74, 6) is 0.619. The normalized spacial score (nSPS) is 17.1. The number of rotatable bonds is 1. The molecule has 0 fully saturated rings. The minimum atomic E-state index is 0.602. The van der Waals surface area contributed by atoms with Crippen LogP contribution < -0.4 is 4.74 Å². The Labute approximate surface area is 86.9 Å². The van der Waals surface area contributed by atoms with E-state index in [1.807, 2.05) is 12.1 Å². The molecule has 1 N–H and O–H groups in total. The van der Waals surface area contributed by atoms with Crippen molar-refractivity contribution in [3.8, 4) is 5.75 Å². The maximum atomic E-state index is 8.76. The third kappa shape index (κ3) is 1.34. The second-order valence-electron chi connectivity index (χ2n) is 3.19. The molecule has 0 amide bonds. The molecule has 4 heteroatoms. The number of aryl methyl sites for hydroxylation is 1. The number of fused-ring (bicyclic) bond motifs is 1. The van der Waals surface area contributed by atoms with Crippen molar-refractivity contribution in [3.05, 3.63) is 28.3 Å². The standard InChI is InChI=1S/C10H10ClNO2/c1-14-10-5-7-6(4-8(10)11)2-3-9(7)12-13/h4-5,13H,2-3H2,1H3/b12-9-. The molecule has 74 valence electrons. The van der Waals surface area contributed by atoms with Crippen LogP contribution in [0, 0.1) is 0 Å². The summed E-state index contributed by atoms with van der Waals surface area (Å²) in [4.78, 5) is 0. The fraction of sp³-hybridized carbons (Fsp3) is 0.300. The molecule has 0 radical (unpaired) electrons. The molecule has 0 spiro atoms. The Balaban J connectivity index is 2.56. The molecule has 0 aromatic heterocycles. The molecule has 0 heterocycles. The highest BCUT2D eigenvalue weighted by Gasteiger charge is 2.20. The third-order valence-corrected chi connectivity index (χ3v) is 2.74. The van der Waals surface area contributed by atoms with E-state index in [0.717, 1.165) is 24.0 Å². The van der Waals surface area contributed by atoms with E-state index < -0.39 is 0 Å². The number of hydrogen-bond acceptors (Lipinski definition) is 3. The Morgan fingerprint density at radius 1 is 1.43 bits per heavy atom. The van der Waals surface area contributed by atoms with Crippen molar-refractivity contribution in [2.45, 2.75) is 12.8 Å². The van der Waals surface area contributed by atoms with Gasteiger partial charge in [0.15, 0.2) is 0 Å². The van der Waals surface area contributed by atoms with E-state index in [0.29, 0.717) is 16.5 Å². The zero-order valence-electron chi connectivity index (χ0n) is 7.75. The molecule has 0 atom stereocenters. The third-order valence-electron chi connectivity index (χ3n) is 2.44. The van der Waals surface area contributed by atoms with E-state index in [1.54, 1.807) is 7.11 Å². The predicted octanol–water partition coefficient (Wildman–Crippen LogP) is 2.47. The molecule has 14 heavy (non-hydrogen) atoms. The van der Waals surface area contributed by atoms with Gasteiger partial charge in [-0.1, -0.05) is 16.8 Å². The highest BCUT2D eigenvalue weighted by Crippen LogP contribution is 2.32. The van der Waals surface area contributed by atoms with Crippen LogP contribution in [0.25, 0.3) is 0 Å². The van der Waals surface area contributed by atoms with Crippen LogP contribution in [-0.4, -0.2) is 18.0 Å². The summed E-state index contributed by atoms with van der Waals surface area (Å²) in [5.41, 5.74) is 2.76. The van der Waals surface area contributed by atoms with Crippen LogP contribution in [0.1, 0.15) is 17.5 Å². The monoisotopic (exact) mass is 211 g/mol. The van der Waals surface area contributed by atoms with Gasteiger partial charge in [-0.05, 0) is 30.5 Å². The summed E-state index contributed by atoms with van der Waals surface area (Å²) < 4.78 is 5.09. The highest BCUT2D eigenvalue weighted by atomic mass is 35.5. The lowest BCUT2D eigenvalue weighted by Gasteiger charge is -2.06. The second-order valence-corrected chi connectivity index (χ2v) is 3.60. The van der Waals surface area contributed by atoms with Gasteiger partial charge in [-0.3, -0.25) is 0 Å². The number of methoxy groups -OCH3 is 1. The van der Waals surface area contributed by atoms with Crippen LogP contribution in [0.15, 0.2) is 17.3 Å². The van der Waals surface area contributed by atoms with Crippen molar-refractivity contribution in [1.82, 2.24) is 0 Å². The van der Waals surface area contributed by atoms with E-state index in [2.05, 4.69) is 5.16 Å². The SMILES string of the molecule is COc1cc2c(cc1Cl)CC/C2=N/O. The summed E-state index contributed by atoms with van der Waals surface area (Å²) in [5, 5.41) is 12.6. The number of benzene rings is 1. The summed E-state index contributed by atoms with van der Waals surface area (Å²) in [6.45, 7) is 0. The molecule has 0 bridgehead atoms. The first kappa shape index (κ1) is 9.34. The number of nitrogens with zero attached hydrogens (tertiary/aromatic N) is 1. The zero-order valence-corrected chi connectivity index (χ0v) is 8.51. The Kier molecular flexibility index (Phi) is 2.33. The minimum absolute atomic E-state index is 0.602. The van der Waals surface area contributed by atoms with E-state index >= 15 is 0 Å². The predicted molar refractivity (Wildman–Crippen MR) is 54.6 cm³/mol. The van der Waals surface area contributed by atoms with E-state index in [9.17, 15) is 0 Å². The highest BCUT2D eigenvalue weighted by molar-refractivity contribution is 6.32. The van der Waals surface area contributed by atoms with Crippen LogP contribution in [0.5, 0.6) is 5.75 Å². The van der Waals surface area contributed by atoms with Gasteiger partial charge in [0.25, 0.3) is 0 Å². The molecular weight excluding hydrogens is 202 g/mol. The summed E-state index contributed by atoms with van der Waals surface area (Å²) in [6.07, 6.45) is 1.63. The molecule has 1 aliphatic rings. The van der Waals surface area contributed by atoms with Gasteiger partial charge in [0, 0.05) is 5.56 Å². The van der Waals surface area contributed by atoms with Gasteiger partial charge in [-0.25, -0.2) is 0 Å². The van der Waals surface area contributed by atoms with Crippen LogP contribution in [0.4, 0.5) is 0 Å². The topological polar surface area (TPSA) is 41.8 Å². The van der Waals surface area contributed by atoms with Crippen LogP contribution in [0.3, 0.4) is 0 Å². The van der Waals surface area contributed by atoms with Gasteiger partial charge in [0.05, 0.1) is 17.8 Å². The fourth-order valence-electron chi connectivity index (χ4n) is 1.72. The number of hydrogen-bond donors (Lipinski definition) is 1. The average molecular weight is 212 g/mol. The maximum Gasteiger partial charge on any atom is 0.138 e. The Morgan fingerprint density at radius 3 is 2.86 bits per heavy atom. The fourth-order valence-corrected chi connectivity index (χ4v) is 1.98. The van der Waals surface area contributed by atoms with Gasteiger partial charge >= 0.3 is 0 Å². The van der Waals surface area contributed by atoms with Crippen molar-refractivity contribution >= 4 is 17.3 Å². The molecule has 3 nitrogen and oxygen atoms in total. The van der Waals surface area contributed by atoms with Crippen molar-refractivity contribution in [1.29, 1.82) is 0 Å². The summed E-state index contributed by atoms with van der Waals surface area (Å²) in [6, 6.07) is 3.69. The molecule has 0 unspecified atom stereocenters. The minimum Gasteiger partial charge on any atom is -0.495 e. The summed E-state index contributed by atoms with van der Waals surface area (Å²) >= 11 is 5.97. The quantitative estimate of drug-likeness (QED) is 0.573. The first-order chi connectivity index (χ1) is 6.76. The molecule has 2 rings (SSSR count). The molecule has 0 aliphatic heterocycles. The van der Waals surface area contributed by atoms with E-state index in [4.69, 9.17) is 21.5 Å². The van der Waals surface area contributed by atoms with E-state index in [-0.39, 0.29) is 0 Å². The molecule has 1 aromatic rings. The van der Waals surface area contributed by atoms with Gasteiger partial charge in [0.1, 0.15) is 5.75 Å². The number of oxime groups is 1. The van der Waals surface area contributed by atoms with Crippen LogP contribution in [0.2, 0.25) is 5.02 Å². The number of halogens is 1. The molecule has 0 saturated heterocycles. The average Bonchev–Trinajstić information content (AvgIpc) is 2.58. The Hall–Kier alpha value is -1.22. The lowest BCUT2D eigenvalue weighted by molar-refractivity contribution is 0.318. The lowest BCUT2D eigenvalue weighted by atomic mass is 10.1. The Bertz CT molecular complexity index is 401. The number of ether oxygens (including phenoxy) is 1. The van der Waals surface area contributed by atoms with Crippen molar-refractivity contribution < 1.29 is 9.94 Å². The first-order valence-corrected chi connectivity index (χ1v) is 4.71. The second kappa shape index (κ2) is 3.50. The van der Waals surface area contributed by atoms with Gasteiger partial charge in [0.2, 0.25) is 0 Å². The maximum absolute atomic E-state index is 8.76. The molecular formula is C10H10ClNO2. The largest absolute Gasteiger partial charge is 0.495 e. The van der Waals surface area contributed by atoms with Gasteiger partial charge in [-0.2, -0.15) is 0 Å². The summed E-state index contributed by atoms with van der Waals surface area (Å²) in [7, 11) is 1.57. The Morgan fingerprint density at radius 2 is 2.21 bits per heavy atom. The van der Waals surface area contributed by atoms with Crippen molar-refractivity contribution in [2.24, 2.45) is 5.16 Å². The smallest absolute Gasteiger partial charge is 0.138 e. The van der Waals surface area contributed by atoms with Gasteiger partial charge < -0.3 is 9.94 Å². The lowest BCUT2D eigenvalue weighted by Crippen LogP contribution is -1.95. The molecule has 0 saturated carbocycles. The molecule has 1 aromatic carbocycles.